The normalized spacial score (nSPS) is 13.9. The van der Waals surface area contributed by atoms with Crippen LogP contribution >= 0.6 is 23.2 Å². The average molecular weight is 316 g/mol. The molecule has 0 heterocycles. The number of esters is 1. The van der Waals surface area contributed by atoms with Crippen molar-refractivity contribution in [2.24, 2.45) is 0 Å². The van der Waals surface area contributed by atoms with Crippen molar-refractivity contribution >= 4 is 35.1 Å². The largest absolute Gasteiger partial charge is 0.465 e. The lowest BCUT2D eigenvalue weighted by atomic mass is 10.2. The highest BCUT2D eigenvalue weighted by Gasteiger charge is 2.35. The third-order valence-electron chi connectivity index (χ3n) is 3.01. The number of hydrogen-bond donors (Lipinski definition) is 0. The molecule has 1 amide bonds. The van der Waals surface area contributed by atoms with Crippen LogP contribution in [0.1, 0.15) is 30.1 Å². The highest BCUT2D eigenvalue weighted by atomic mass is 35.5. The fraction of sp³-hybridized carbons (Fsp3) is 0.429. The van der Waals surface area contributed by atoms with Gasteiger partial charge in [0.25, 0.3) is 5.91 Å². The third-order valence-corrected chi connectivity index (χ3v) is 3.58. The first-order chi connectivity index (χ1) is 9.52. The zero-order valence-electron chi connectivity index (χ0n) is 11.1. The number of amides is 1. The highest BCUT2D eigenvalue weighted by Crippen LogP contribution is 2.30. The molecule has 0 bridgehead atoms. The minimum Gasteiger partial charge on any atom is -0.465 e. The van der Waals surface area contributed by atoms with Crippen molar-refractivity contribution in [1.29, 1.82) is 0 Å². The van der Waals surface area contributed by atoms with E-state index in [4.69, 9.17) is 27.9 Å². The van der Waals surface area contributed by atoms with Gasteiger partial charge in [-0.2, -0.15) is 0 Å². The summed E-state index contributed by atoms with van der Waals surface area (Å²) in [6, 6.07) is 4.80. The van der Waals surface area contributed by atoms with Crippen LogP contribution in [0.3, 0.4) is 0 Å². The lowest BCUT2D eigenvalue weighted by Gasteiger charge is -2.22. The second-order valence-electron chi connectivity index (χ2n) is 4.59. The average Bonchev–Trinajstić information content (AvgIpc) is 3.23. The van der Waals surface area contributed by atoms with Gasteiger partial charge in [-0.15, -0.1) is 0 Å². The van der Waals surface area contributed by atoms with Crippen molar-refractivity contribution in [1.82, 2.24) is 4.90 Å². The molecule has 1 aliphatic rings. The monoisotopic (exact) mass is 315 g/mol. The van der Waals surface area contributed by atoms with Gasteiger partial charge in [-0.05, 0) is 38.0 Å². The van der Waals surface area contributed by atoms with Crippen molar-refractivity contribution in [3.8, 4) is 0 Å². The second-order valence-corrected chi connectivity index (χ2v) is 5.44. The van der Waals surface area contributed by atoms with E-state index in [0.717, 1.165) is 12.8 Å². The van der Waals surface area contributed by atoms with Crippen molar-refractivity contribution < 1.29 is 14.3 Å². The van der Waals surface area contributed by atoms with Gasteiger partial charge in [0, 0.05) is 11.1 Å². The van der Waals surface area contributed by atoms with Crippen molar-refractivity contribution in [3.63, 3.8) is 0 Å². The first kappa shape index (κ1) is 15.1. The minimum atomic E-state index is -0.411. The van der Waals surface area contributed by atoms with Crippen LogP contribution in [0.25, 0.3) is 0 Å². The summed E-state index contributed by atoms with van der Waals surface area (Å²) in [6.07, 6.45) is 1.78. The van der Waals surface area contributed by atoms with E-state index in [9.17, 15) is 9.59 Å². The molecular formula is C14H15Cl2NO3. The predicted octanol–water partition coefficient (Wildman–Crippen LogP) is 3.16. The van der Waals surface area contributed by atoms with Gasteiger partial charge in [0.15, 0.2) is 0 Å². The lowest BCUT2D eigenvalue weighted by Crippen LogP contribution is -2.38. The molecule has 0 radical (unpaired) electrons. The van der Waals surface area contributed by atoms with Gasteiger partial charge in [-0.25, -0.2) is 0 Å². The number of carbonyl (C=O) groups is 2. The maximum absolute atomic E-state index is 12.5. The van der Waals surface area contributed by atoms with Crippen molar-refractivity contribution in [3.05, 3.63) is 33.8 Å². The summed E-state index contributed by atoms with van der Waals surface area (Å²) < 4.78 is 4.90. The van der Waals surface area contributed by atoms with E-state index in [-0.39, 0.29) is 18.5 Å². The Bertz CT molecular complexity index is 529. The molecule has 1 aromatic carbocycles. The molecule has 4 nitrogen and oxygen atoms in total. The summed E-state index contributed by atoms with van der Waals surface area (Å²) in [4.78, 5) is 25.6. The van der Waals surface area contributed by atoms with Crippen LogP contribution in [-0.2, 0) is 9.53 Å². The Morgan fingerprint density at radius 1 is 1.35 bits per heavy atom. The molecule has 0 N–H and O–H groups in total. The molecule has 6 heteroatoms. The van der Waals surface area contributed by atoms with Crippen LogP contribution in [0.4, 0.5) is 0 Å². The molecule has 108 valence electrons. The van der Waals surface area contributed by atoms with Crippen LogP contribution in [0.5, 0.6) is 0 Å². The lowest BCUT2D eigenvalue weighted by molar-refractivity contribution is -0.144. The van der Waals surface area contributed by atoms with Gasteiger partial charge < -0.3 is 9.64 Å². The van der Waals surface area contributed by atoms with Crippen LogP contribution < -0.4 is 0 Å². The summed E-state index contributed by atoms with van der Waals surface area (Å²) in [6.45, 7) is 1.97. The molecule has 0 unspecified atom stereocenters. The number of halogens is 2. The molecule has 0 aromatic heterocycles. The van der Waals surface area contributed by atoms with Crippen LogP contribution in [0.2, 0.25) is 10.0 Å². The molecule has 0 aliphatic heterocycles. The van der Waals surface area contributed by atoms with Gasteiger partial charge in [0.05, 0.1) is 17.2 Å². The van der Waals surface area contributed by atoms with Gasteiger partial charge >= 0.3 is 5.97 Å². The number of carbonyl (C=O) groups excluding carboxylic acids is 2. The number of benzene rings is 1. The zero-order valence-corrected chi connectivity index (χ0v) is 12.6. The number of nitrogens with zero attached hydrogens (tertiary/aromatic N) is 1. The second kappa shape index (κ2) is 6.46. The smallest absolute Gasteiger partial charge is 0.325 e. The van der Waals surface area contributed by atoms with E-state index in [1.807, 2.05) is 0 Å². The van der Waals surface area contributed by atoms with E-state index in [0.29, 0.717) is 22.2 Å². The highest BCUT2D eigenvalue weighted by molar-refractivity contribution is 6.35. The maximum atomic E-state index is 12.5. The third kappa shape index (κ3) is 3.64. The van der Waals surface area contributed by atoms with Gasteiger partial charge in [-0.3, -0.25) is 9.59 Å². The summed E-state index contributed by atoms with van der Waals surface area (Å²) in [5, 5.41) is 0.763. The summed E-state index contributed by atoms with van der Waals surface area (Å²) in [7, 11) is 0. The molecule has 0 saturated heterocycles. The molecule has 0 spiro atoms. The van der Waals surface area contributed by atoms with Gasteiger partial charge in [0.1, 0.15) is 6.54 Å². The van der Waals surface area contributed by atoms with Crippen molar-refractivity contribution in [2.75, 3.05) is 13.2 Å². The summed E-state index contributed by atoms with van der Waals surface area (Å²) in [5.74, 6) is -0.695. The van der Waals surface area contributed by atoms with Gasteiger partial charge in [0.2, 0.25) is 0 Å². The van der Waals surface area contributed by atoms with Crippen LogP contribution in [0, 0.1) is 0 Å². The van der Waals surface area contributed by atoms with E-state index in [1.165, 1.54) is 11.0 Å². The molecule has 2 rings (SSSR count). The van der Waals surface area contributed by atoms with Crippen LogP contribution in [0.15, 0.2) is 18.2 Å². The minimum absolute atomic E-state index is 0.0554. The number of rotatable bonds is 5. The SMILES string of the molecule is CCOC(=O)CN(C(=O)c1cc(Cl)ccc1Cl)C1CC1. The van der Waals surface area contributed by atoms with Crippen LogP contribution in [-0.4, -0.2) is 36.0 Å². The summed E-state index contributed by atoms with van der Waals surface area (Å²) >= 11 is 11.9. The zero-order chi connectivity index (χ0) is 14.7. The predicted molar refractivity (Wildman–Crippen MR) is 77.2 cm³/mol. The Morgan fingerprint density at radius 2 is 2.05 bits per heavy atom. The van der Waals surface area contributed by atoms with E-state index >= 15 is 0 Å². The molecule has 1 fully saturated rings. The van der Waals surface area contributed by atoms with Gasteiger partial charge in [-0.1, -0.05) is 23.2 Å². The molecule has 20 heavy (non-hydrogen) atoms. The quantitative estimate of drug-likeness (QED) is 0.784. The van der Waals surface area contributed by atoms with E-state index in [2.05, 4.69) is 0 Å². The standard InChI is InChI=1S/C14H15Cl2NO3/c1-2-20-13(18)8-17(10-4-5-10)14(19)11-7-9(15)3-6-12(11)16/h3,6-7,10H,2,4-5,8H2,1H3. The fourth-order valence-corrected chi connectivity index (χ4v) is 2.29. The molecule has 1 aromatic rings. The first-order valence-corrected chi connectivity index (χ1v) is 7.20. The van der Waals surface area contributed by atoms with E-state index < -0.39 is 5.97 Å². The molecular weight excluding hydrogens is 301 g/mol. The topological polar surface area (TPSA) is 46.6 Å². The Morgan fingerprint density at radius 3 is 2.65 bits per heavy atom. The molecule has 1 aliphatic carbocycles. The number of ether oxygens (including phenoxy) is 1. The Labute approximate surface area is 127 Å². The number of hydrogen-bond acceptors (Lipinski definition) is 3. The first-order valence-electron chi connectivity index (χ1n) is 6.44. The Balaban J connectivity index is 2.18. The van der Waals surface area contributed by atoms with Crippen molar-refractivity contribution in [2.45, 2.75) is 25.8 Å². The Hall–Kier alpha value is -1.26. The Kier molecular flexibility index (Phi) is 4.89. The van der Waals surface area contributed by atoms with E-state index in [1.54, 1.807) is 19.1 Å². The molecule has 1 saturated carbocycles. The maximum Gasteiger partial charge on any atom is 0.325 e. The fourth-order valence-electron chi connectivity index (χ4n) is 1.91. The molecule has 0 atom stereocenters. The summed E-state index contributed by atoms with van der Waals surface area (Å²) in [5.41, 5.74) is 0.315.